The number of hydrogen-bond acceptors (Lipinski definition) is 6. The molecular weight excluding hydrogens is 204 g/mol. The van der Waals surface area contributed by atoms with E-state index in [-0.39, 0.29) is 0 Å². The van der Waals surface area contributed by atoms with Gasteiger partial charge in [-0.2, -0.15) is 0 Å². The Kier molecular flexibility index (Phi) is 5.02. The van der Waals surface area contributed by atoms with Crippen molar-refractivity contribution in [1.29, 1.82) is 0 Å². The van der Waals surface area contributed by atoms with Crippen molar-refractivity contribution in [1.82, 2.24) is 0 Å². The van der Waals surface area contributed by atoms with Gasteiger partial charge in [0.25, 0.3) is 0 Å². The minimum atomic E-state index is -1.55. The fraction of sp³-hybridized carbons (Fsp3) is 0.889. The molecule has 4 atom stereocenters. The van der Waals surface area contributed by atoms with Crippen molar-refractivity contribution in [3.63, 3.8) is 0 Å². The number of carbonyl (C=O) groups is 1. The molecule has 0 aliphatic heterocycles. The van der Waals surface area contributed by atoms with Crippen LogP contribution < -0.4 is 0 Å². The van der Waals surface area contributed by atoms with Crippen molar-refractivity contribution in [3.05, 3.63) is 0 Å². The van der Waals surface area contributed by atoms with Crippen LogP contribution in [0.4, 0.5) is 0 Å². The Morgan fingerprint density at radius 2 is 2.00 bits per heavy atom. The molecule has 6 heteroatoms. The number of ketones is 1. The second-order valence-corrected chi connectivity index (χ2v) is 3.07. The van der Waals surface area contributed by atoms with Gasteiger partial charge in [-0.3, -0.25) is 4.79 Å². The lowest BCUT2D eigenvalue weighted by atomic mass is 10.0. The van der Waals surface area contributed by atoms with Crippen LogP contribution in [-0.2, 0) is 14.3 Å². The van der Waals surface area contributed by atoms with E-state index in [1.807, 2.05) is 0 Å². The molecule has 0 unspecified atom stereocenters. The van der Waals surface area contributed by atoms with E-state index in [1.165, 1.54) is 0 Å². The third-order valence-electron chi connectivity index (χ3n) is 1.99. The smallest absolute Gasteiger partial charge is 0.161 e. The van der Waals surface area contributed by atoms with Crippen LogP contribution in [-0.4, -0.2) is 66.3 Å². The van der Waals surface area contributed by atoms with Crippen molar-refractivity contribution in [2.45, 2.75) is 31.3 Å². The number of ether oxygens (including phenoxy) is 2. The second-order valence-electron chi connectivity index (χ2n) is 3.07. The molecule has 3 N–H and O–H groups in total. The molecular formula is C9H18O6. The summed E-state index contributed by atoms with van der Waals surface area (Å²) in [6, 6.07) is 0. The molecule has 0 aromatic rings. The number of hydrogen-bond donors (Lipinski definition) is 3. The summed E-state index contributed by atoms with van der Waals surface area (Å²) in [7, 11) is -1.09. The monoisotopic (exact) mass is 224 g/mol. The Labute approximate surface area is 91.2 Å². The summed E-state index contributed by atoms with van der Waals surface area (Å²) >= 11 is 0. The zero-order valence-electron chi connectivity index (χ0n) is 10.5. The van der Waals surface area contributed by atoms with Crippen LogP contribution in [0.1, 0.15) is 9.67 Å². The summed E-state index contributed by atoms with van der Waals surface area (Å²) in [5.74, 6) is -0.534. The molecule has 0 saturated carbocycles. The largest absolute Gasteiger partial charge is 0.394 e. The fourth-order valence-electron chi connectivity index (χ4n) is 1.17. The maximum absolute atomic E-state index is 11.2. The van der Waals surface area contributed by atoms with E-state index in [9.17, 15) is 15.0 Å². The van der Waals surface area contributed by atoms with Crippen molar-refractivity contribution >= 4 is 5.78 Å². The Bertz CT molecular complexity index is 228. The quantitative estimate of drug-likeness (QED) is 0.478. The molecule has 0 spiro atoms. The Balaban J connectivity index is 4.75. The number of Topliss-reactive ketones (excluding diaryl/α,β-unsaturated/α-hetero) is 1. The topological polar surface area (TPSA) is 96.2 Å². The summed E-state index contributed by atoms with van der Waals surface area (Å²) in [5, 5.41) is 27.9. The zero-order chi connectivity index (χ0) is 13.4. The van der Waals surface area contributed by atoms with Gasteiger partial charge in [-0.25, -0.2) is 0 Å². The van der Waals surface area contributed by atoms with E-state index in [4.69, 9.17) is 17.3 Å². The van der Waals surface area contributed by atoms with Crippen LogP contribution in [0.25, 0.3) is 0 Å². The van der Waals surface area contributed by atoms with Crippen LogP contribution in [0.2, 0.25) is 0 Å². The molecule has 0 amide bonds. The van der Waals surface area contributed by atoms with Gasteiger partial charge in [0.15, 0.2) is 5.78 Å². The first-order valence-electron chi connectivity index (χ1n) is 5.70. The minimum Gasteiger partial charge on any atom is -0.394 e. The lowest BCUT2D eigenvalue weighted by Crippen LogP contribution is -2.49. The molecule has 0 bridgehead atoms. The first-order valence-corrected chi connectivity index (χ1v) is 4.28. The number of carbonyl (C=O) groups excluding carboxylic acids is 1. The van der Waals surface area contributed by atoms with Gasteiger partial charge >= 0.3 is 0 Å². The van der Waals surface area contributed by atoms with Crippen LogP contribution in [0, 0.1) is 0 Å². The molecule has 0 aliphatic carbocycles. The SMILES string of the molecule is [2H]CO[C@@H]([C@H](O)[C@@H](OC[2H])C(C)=O)[C@H](O)CO. The molecule has 90 valence electrons. The van der Waals surface area contributed by atoms with Crippen molar-refractivity contribution in [3.8, 4) is 0 Å². The summed E-state index contributed by atoms with van der Waals surface area (Å²) in [5.41, 5.74) is 0. The normalized spacial score (nSPS) is 21.1. The number of aliphatic hydroxyl groups excluding tert-OH is 3. The molecule has 0 aromatic heterocycles. The predicted molar refractivity (Wildman–Crippen MR) is 51.4 cm³/mol. The van der Waals surface area contributed by atoms with Gasteiger partial charge in [0.1, 0.15) is 24.4 Å². The molecule has 6 nitrogen and oxygen atoms in total. The first kappa shape index (κ1) is 11.0. The van der Waals surface area contributed by atoms with Crippen LogP contribution in [0.3, 0.4) is 0 Å². The standard InChI is InChI=1S/C9H18O6/c1-5(11)8(14-2)7(13)9(15-3)6(12)4-10/h6-10,12-13H,4H2,1-3H3/t6-,7-,8+,9-/m1/s1/i2D,3D. The molecule has 0 heterocycles. The predicted octanol–water partition coefficient (Wildman–Crippen LogP) is -1.68. The second kappa shape index (κ2) is 6.86. The number of rotatable bonds is 7. The first-order chi connectivity index (χ1) is 7.99. The molecule has 0 radical (unpaired) electrons. The van der Waals surface area contributed by atoms with E-state index in [2.05, 4.69) is 0 Å². The van der Waals surface area contributed by atoms with Gasteiger partial charge in [0.05, 0.1) is 9.35 Å². The summed E-state index contributed by atoms with van der Waals surface area (Å²) in [6.07, 6.45) is -5.64. The van der Waals surface area contributed by atoms with Gasteiger partial charge < -0.3 is 24.8 Å². The van der Waals surface area contributed by atoms with Gasteiger partial charge in [-0.15, -0.1) is 0 Å². The highest BCUT2D eigenvalue weighted by Gasteiger charge is 2.35. The van der Waals surface area contributed by atoms with Crippen molar-refractivity contribution in [2.75, 3.05) is 20.8 Å². The van der Waals surface area contributed by atoms with E-state index < -0.39 is 51.0 Å². The highest BCUT2D eigenvalue weighted by molar-refractivity contribution is 5.81. The third-order valence-corrected chi connectivity index (χ3v) is 1.99. The lowest BCUT2D eigenvalue weighted by Gasteiger charge is -2.29. The molecule has 0 rings (SSSR count). The van der Waals surface area contributed by atoms with Crippen LogP contribution in [0.15, 0.2) is 0 Å². The zero-order valence-corrected chi connectivity index (χ0v) is 8.50. The Hall–Kier alpha value is -0.530. The molecule has 15 heavy (non-hydrogen) atoms. The van der Waals surface area contributed by atoms with E-state index in [0.717, 1.165) is 6.92 Å². The lowest BCUT2D eigenvalue weighted by molar-refractivity contribution is -0.154. The number of aliphatic hydroxyl groups is 3. The molecule has 0 aromatic carbocycles. The highest BCUT2D eigenvalue weighted by atomic mass is 16.5. The maximum Gasteiger partial charge on any atom is 0.161 e. The molecule has 0 saturated heterocycles. The van der Waals surface area contributed by atoms with Crippen molar-refractivity contribution < 1.29 is 32.3 Å². The minimum absolute atomic E-state index is 0.534. The van der Waals surface area contributed by atoms with E-state index in [1.54, 1.807) is 0 Å². The van der Waals surface area contributed by atoms with Gasteiger partial charge in [0.2, 0.25) is 0 Å². The average Bonchev–Trinajstić information content (AvgIpc) is 2.30. The molecule has 0 aliphatic rings. The Morgan fingerprint density at radius 3 is 2.40 bits per heavy atom. The summed E-state index contributed by atoms with van der Waals surface area (Å²) < 4.78 is 23.2. The summed E-state index contributed by atoms with van der Waals surface area (Å²) in [4.78, 5) is 11.2. The highest BCUT2D eigenvalue weighted by Crippen LogP contribution is 2.11. The van der Waals surface area contributed by atoms with E-state index >= 15 is 0 Å². The van der Waals surface area contributed by atoms with Crippen molar-refractivity contribution in [2.24, 2.45) is 0 Å². The van der Waals surface area contributed by atoms with Crippen LogP contribution in [0.5, 0.6) is 0 Å². The van der Waals surface area contributed by atoms with Crippen LogP contribution >= 0.6 is 0 Å². The van der Waals surface area contributed by atoms with E-state index in [0.29, 0.717) is 0 Å². The van der Waals surface area contributed by atoms with Gasteiger partial charge in [-0.05, 0) is 6.92 Å². The summed E-state index contributed by atoms with van der Waals surface area (Å²) in [6.45, 7) is 0.472. The third kappa shape index (κ3) is 3.84. The molecule has 0 fully saturated rings. The van der Waals surface area contributed by atoms with Gasteiger partial charge in [-0.1, -0.05) is 0 Å². The Morgan fingerprint density at radius 1 is 1.40 bits per heavy atom. The average molecular weight is 224 g/mol. The fourth-order valence-corrected chi connectivity index (χ4v) is 1.17. The van der Waals surface area contributed by atoms with Gasteiger partial charge in [0, 0.05) is 14.2 Å². The maximum atomic E-state index is 11.2. The number of methoxy groups -OCH3 is 2.